The number of carbonyl (C=O) groups is 3. The van der Waals surface area contributed by atoms with Crippen LogP contribution in [0.15, 0.2) is 12.1 Å². The van der Waals surface area contributed by atoms with Gasteiger partial charge in [-0.2, -0.15) is 0 Å². The molecule has 0 saturated carbocycles. The maximum absolute atomic E-state index is 12.4. The molecule has 0 aliphatic carbocycles. The Morgan fingerprint density at radius 1 is 1.12 bits per heavy atom. The number of nitrogens with one attached hydrogen (secondary N) is 1. The number of halogens is 2. The Balaban J connectivity index is 1.73. The number of imide groups is 1. The first kappa shape index (κ1) is 18.8. The van der Waals surface area contributed by atoms with E-state index >= 15 is 0 Å². The summed E-state index contributed by atoms with van der Waals surface area (Å²) in [6, 6.07) is 2.66. The first-order valence-corrected chi connectivity index (χ1v) is 9.14. The molecule has 0 spiro atoms. The minimum absolute atomic E-state index is 0.128. The molecule has 3 amide bonds. The zero-order valence-electron chi connectivity index (χ0n) is 14.1. The Bertz CT molecular complexity index is 895. The largest absolute Gasteiger partial charge is 0.299 e. The van der Waals surface area contributed by atoms with E-state index < -0.39 is 24.3 Å². The predicted molar refractivity (Wildman–Crippen MR) is 99.1 cm³/mol. The van der Waals surface area contributed by atoms with E-state index in [1.807, 2.05) is 20.8 Å². The van der Waals surface area contributed by atoms with Gasteiger partial charge in [-0.25, -0.2) is 0 Å². The van der Waals surface area contributed by atoms with Crippen molar-refractivity contribution in [2.45, 2.75) is 26.2 Å². The molecule has 0 unspecified atom stereocenters. The van der Waals surface area contributed by atoms with Gasteiger partial charge in [-0.05, 0) is 12.1 Å². The topological polar surface area (TPSA) is 92.3 Å². The van der Waals surface area contributed by atoms with Crippen molar-refractivity contribution in [2.24, 2.45) is 0 Å². The van der Waals surface area contributed by atoms with E-state index in [1.54, 1.807) is 0 Å². The van der Waals surface area contributed by atoms with Crippen LogP contribution >= 0.6 is 34.5 Å². The lowest BCUT2D eigenvalue weighted by molar-refractivity contribution is -0.116. The average molecular weight is 413 g/mol. The molecule has 0 fully saturated rings. The standard InChI is InChI=1S/C16H14Cl2N4O3S/c1-16(2,3)14-20-21-15(26-14)19-11(23)6-22-12(24)7-4-9(17)10(18)5-8(7)13(22)25/h4-5H,6H2,1-3H3,(H,19,21,23). The summed E-state index contributed by atoms with van der Waals surface area (Å²) in [5.41, 5.74) is 0.0631. The van der Waals surface area contributed by atoms with Gasteiger partial charge >= 0.3 is 0 Å². The quantitative estimate of drug-likeness (QED) is 0.779. The molecule has 136 valence electrons. The summed E-state index contributed by atoms with van der Waals surface area (Å²) < 4.78 is 0. The SMILES string of the molecule is CC(C)(C)c1nnc(NC(=O)CN2C(=O)c3cc(Cl)c(Cl)cc3C2=O)s1. The van der Waals surface area contributed by atoms with E-state index in [1.165, 1.54) is 23.5 Å². The number of hydrogen-bond donors (Lipinski definition) is 1. The molecule has 3 rings (SSSR count). The summed E-state index contributed by atoms with van der Waals surface area (Å²) in [5, 5.41) is 11.9. The Labute approximate surface area is 163 Å². The summed E-state index contributed by atoms with van der Waals surface area (Å²) in [4.78, 5) is 37.9. The van der Waals surface area contributed by atoms with E-state index in [4.69, 9.17) is 23.2 Å². The van der Waals surface area contributed by atoms with Gasteiger partial charge in [0, 0.05) is 5.41 Å². The predicted octanol–water partition coefficient (Wildman–Crippen LogP) is 3.38. The van der Waals surface area contributed by atoms with E-state index in [9.17, 15) is 14.4 Å². The Morgan fingerprint density at radius 2 is 1.65 bits per heavy atom. The number of amides is 3. The van der Waals surface area contributed by atoms with Crippen LogP contribution in [0.3, 0.4) is 0 Å². The monoisotopic (exact) mass is 412 g/mol. The highest BCUT2D eigenvalue weighted by Gasteiger charge is 2.37. The summed E-state index contributed by atoms with van der Waals surface area (Å²) in [5.74, 6) is -1.73. The number of carbonyl (C=O) groups excluding carboxylic acids is 3. The maximum Gasteiger partial charge on any atom is 0.262 e. The lowest BCUT2D eigenvalue weighted by atomic mass is 9.98. The van der Waals surface area contributed by atoms with E-state index in [2.05, 4.69) is 15.5 Å². The van der Waals surface area contributed by atoms with Crippen molar-refractivity contribution >= 4 is 57.4 Å². The molecule has 1 aromatic heterocycles. The van der Waals surface area contributed by atoms with Crippen molar-refractivity contribution in [2.75, 3.05) is 11.9 Å². The van der Waals surface area contributed by atoms with Crippen molar-refractivity contribution in [1.82, 2.24) is 15.1 Å². The normalized spacial score (nSPS) is 14.0. The van der Waals surface area contributed by atoms with Crippen LogP contribution in [-0.4, -0.2) is 39.4 Å². The number of fused-ring (bicyclic) bond motifs is 1. The third kappa shape index (κ3) is 3.44. The molecule has 7 nitrogen and oxygen atoms in total. The molecule has 26 heavy (non-hydrogen) atoms. The van der Waals surface area contributed by atoms with E-state index in [-0.39, 0.29) is 26.6 Å². The Morgan fingerprint density at radius 3 is 2.12 bits per heavy atom. The lowest BCUT2D eigenvalue weighted by Gasteiger charge is -2.13. The molecule has 1 N–H and O–H groups in total. The van der Waals surface area contributed by atoms with Crippen LogP contribution in [0, 0.1) is 0 Å². The Kier molecular flexibility index (Phi) is 4.76. The van der Waals surface area contributed by atoms with Crippen LogP contribution in [0.5, 0.6) is 0 Å². The smallest absolute Gasteiger partial charge is 0.262 e. The molecule has 10 heteroatoms. The number of rotatable bonds is 3. The minimum Gasteiger partial charge on any atom is -0.299 e. The molecule has 0 bridgehead atoms. The second kappa shape index (κ2) is 6.61. The van der Waals surface area contributed by atoms with Crippen LogP contribution < -0.4 is 5.32 Å². The fraction of sp³-hybridized carbons (Fsp3) is 0.312. The van der Waals surface area contributed by atoms with Crippen LogP contribution in [0.1, 0.15) is 46.5 Å². The molecule has 2 heterocycles. The summed E-state index contributed by atoms with van der Waals surface area (Å²) in [6.07, 6.45) is 0. The molecular formula is C16H14Cl2N4O3S. The zero-order valence-corrected chi connectivity index (χ0v) is 16.4. The van der Waals surface area contributed by atoms with Gasteiger partial charge in [-0.1, -0.05) is 55.3 Å². The second-order valence-electron chi connectivity index (χ2n) is 6.72. The summed E-state index contributed by atoms with van der Waals surface area (Å²) in [6.45, 7) is 5.50. The van der Waals surface area contributed by atoms with Gasteiger partial charge in [0.2, 0.25) is 11.0 Å². The average Bonchev–Trinajstić information content (AvgIpc) is 3.09. The van der Waals surface area contributed by atoms with E-state index in [0.29, 0.717) is 5.13 Å². The summed E-state index contributed by atoms with van der Waals surface area (Å²) >= 11 is 13.0. The fourth-order valence-electron chi connectivity index (χ4n) is 2.31. The van der Waals surface area contributed by atoms with E-state index in [0.717, 1.165) is 9.91 Å². The van der Waals surface area contributed by atoms with Gasteiger partial charge < -0.3 is 0 Å². The van der Waals surface area contributed by atoms with Crippen LogP contribution in [0.4, 0.5) is 5.13 Å². The highest BCUT2D eigenvalue weighted by Crippen LogP contribution is 2.31. The van der Waals surface area contributed by atoms with Crippen molar-refractivity contribution in [1.29, 1.82) is 0 Å². The van der Waals surface area contributed by atoms with Crippen molar-refractivity contribution in [3.05, 3.63) is 38.3 Å². The van der Waals surface area contributed by atoms with Crippen molar-refractivity contribution in [3.63, 3.8) is 0 Å². The van der Waals surface area contributed by atoms with Gasteiger partial charge in [-0.15, -0.1) is 10.2 Å². The molecule has 1 aliphatic heterocycles. The molecule has 0 radical (unpaired) electrons. The molecule has 0 atom stereocenters. The van der Waals surface area contributed by atoms with Gasteiger partial charge in [0.05, 0.1) is 21.2 Å². The van der Waals surface area contributed by atoms with Crippen molar-refractivity contribution in [3.8, 4) is 0 Å². The van der Waals surface area contributed by atoms with Gasteiger partial charge in [0.1, 0.15) is 11.6 Å². The highest BCUT2D eigenvalue weighted by molar-refractivity contribution is 7.15. The van der Waals surface area contributed by atoms with Gasteiger partial charge in [0.15, 0.2) is 0 Å². The van der Waals surface area contributed by atoms with Crippen LogP contribution in [-0.2, 0) is 10.2 Å². The van der Waals surface area contributed by atoms with Crippen LogP contribution in [0.25, 0.3) is 0 Å². The zero-order chi connectivity index (χ0) is 19.2. The molecule has 1 aliphatic rings. The number of anilines is 1. The molecule has 0 saturated heterocycles. The maximum atomic E-state index is 12.4. The van der Waals surface area contributed by atoms with Gasteiger partial charge in [0.25, 0.3) is 11.8 Å². The third-order valence-corrected chi connectivity index (χ3v) is 5.61. The fourth-order valence-corrected chi connectivity index (χ4v) is 3.45. The highest BCUT2D eigenvalue weighted by atomic mass is 35.5. The number of benzene rings is 1. The number of hydrogen-bond acceptors (Lipinski definition) is 6. The number of aromatic nitrogens is 2. The first-order chi connectivity index (χ1) is 12.1. The van der Waals surface area contributed by atoms with Crippen molar-refractivity contribution < 1.29 is 14.4 Å². The molecule has 2 aromatic rings. The lowest BCUT2D eigenvalue weighted by Crippen LogP contribution is -2.37. The third-order valence-electron chi connectivity index (χ3n) is 3.63. The second-order valence-corrected chi connectivity index (χ2v) is 8.51. The molecular weight excluding hydrogens is 399 g/mol. The number of nitrogens with zero attached hydrogens (tertiary/aromatic N) is 3. The van der Waals surface area contributed by atoms with Gasteiger partial charge in [-0.3, -0.25) is 24.6 Å². The first-order valence-electron chi connectivity index (χ1n) is 7.57. The van der Waals surface area contributed by atoms with Crippen LogP contribution in [0.2, 0.25) is 10.0 Å². The minimum atomic E-state index is -0.591. The summed E-state index contributed by atoms with van der Waals surface area (Å²) in [7, 11) is 0. The Hall–Kier alpha value is -2.03. The molecule has 1 aromatic carbocycles.